The molecule has 0 spiro atoms. The summed E-state index contributed by atoms with van der Waals surface area (Å²) in [4.78, 5) is 20.0. The Bertz CT molecular complexity index is 910. The van der Waals surface area contributed by atoms with Crippen LogP contribution in [0.4, 0.5) is 8.78 Å². The third kappa shape index (κ3) is 6.59. The highest BCUT2D eigenvalue weighted by Gasteiger charge is 2.35. The van der Waals surface area contributed by atoms with Crippen molar-refractivity contribution in [1.82, 2.24) is 20.4 Å². The van der Waals surface area contributed by atoms with E-state index >= 15 is 0 Å². The third-order valence-corrected chi connectivity index (χ3v) is 8.03. The fourth-order valence-electron chi connectivity index (χ4n) is 5.18. The van der Waals surface area contributed by atoms with Gasteiger partial charge >= 0.3 is 0 Å². The van der Waals surface area contributed by atoms with Gasteiger partial charge in [-0.2, -0.15) is 0 Å². The van der Waals surface area contributed by atoms with E-state index in [1.807, 2.05) is 6.92 Å². The summed E-state index contributed by atoms with van der Waals surface area (Å²) in [6.07, 6.45) is 10.5. The summed E-state index contributed by atoms with van der Waals surface area (Å²) in [7, 11) is 0. The number of hydrogen-bond donors (Lipinski definition) is 1. The van der Waals surface area contributed by atoms with Crippen molar-refractivity contribution in [3.63, 3.8) is 0 Å². The van der Waals surface area contributed by atoms with Crippen molar-refractivity contribution in [3.8, 4) is 0 Å². The van der Waals surface area contributed by atoms with Crippen molar-refractivity contribution in [2.75, 3.05) is 19.6 Å². The van der Waals surface area contributed by atoms with Gasteiger partial charge in [-0.3, -0.25) is 4.79 Å². The number of aromatic nitrogens is 2. The van der Waals surface area contributed by atoms with E-state index in [1.54, 1.807) is 17.5 Å². The van der Waals surface area contributed by atoms with Gasteiger partial charge in [0.05, 0.1) is 22.7 Å². The van der Waals surface area contributed by atoms with E-state index in [0.717, 1.165) is 87.7 Å². The first-order valence-corrected chi connectivity index (χ1v) is 12.8. The first-order valence-electron chi connectivity index (χ1n) is 12.0. The number of alkyl halides is 2. The standard InChI is InChI=1S/C24H34F2N4O2S/c1-16-27-14-20(33-16)13-22(31)28-19-5-3-17(4-6-19)7-10-30-11-8-18(9-12-30)23-21(15-32-29-23)24(2,25)26/h14-15,17-19H,3-13H2,1-2H3,(H,28,31)/t17-,19-. The lowest BCUT2D eigenvalue weighted by molar-refractivity contribution is -0.121. The Hall–Kier alpha value is -1.87. The summed E-state index contributed by atoms with van der Waals surface area (Å²) in [5, 5.41) is 8.09. The van der Waals surface area contributed by atoms with Crippen molar-refractivity contribution < 1.29 is 18.1 Å². The molecule has 1 amide bonds. The number of halogens is 2. The Morgan fingerprint density at radius 2 is 1.97 bits per heavy atom. The number of nitrogens with zero attached hydrogens (tertiary/aromatic N) is 3. The molecule has 182 valence electrons. The molecule has 1 aliphatic heterocycles. The van der Waals surface area contributed by atoms with Crippen LogP contribution in [-0.2, 0) is 17.1 Å². The first-order chi connectivity index (χ1) is 15.8. The van der Waals surface area contributed by atoms with E-state index < -0.39 is 5.92 Å². The average Bonchev–Trinajstić information content (AvgIpc) is 3.43. The zero-order chi connectivity index (χ0) is 23.4. The van der Waals surface area contributed by atoms with Crippen LogP contribution in [0.25, 0.3) is 0 Å². The molecule has 0 aromatic carbocycles. The van der Waals surface area contributed by atoms with Crippen LogP contribution >= 0.6 is 11.3 Å². The lowest BCUT2D eigenvalue weighted by Crippen LogP contribution is -2.39. The van der Waals surface area contributed by atoms with E-state index in [2.05, 4.69) is 20.4 Å². The molecule has 1 aliphatic carbocycles. The molecule has 2 aromatic heterocycles. The minimum Gasteiger partial charge on any atom is -0.364 e. The maximum Gasteiger partial charge on any atom is 0.275 e. The Kier molecular flexibility index (Phi) is 7.79. The van der Waals surface area contributed by atoms with Crippen LogP contribution in [0.3, 0.4) is 0 Å². The monoisotopic (exact) mass is 480 g/mol. The van der Waals surface area contributed by atoms with Gasteiger partial charge in [0.15, 0.2) is 0 Å². The van der Waals surface area contributed by atoms with Crippen LogP contribution in [0.5, 0.6) is 0 Å². The van der Waals surface area contributed by atoms with E-state index in [0.29, 0.717) is 18.0 Å². The molecular formula is C24H34F2N4O2S. The number of amides is 1. The third-order valence-electron chi connectivity index (χ3n) is 7.11. The van der Waals surface area contributed by atoms with E-state index in [9.17, 15) is 13.6 Å². The molecule has 6 nitrogen and oxygen atoms in total. The van der Waals surface area contributed by atoms with Crippen LogP contribution < -0.4 is 5.32 Å². The van der Waals surface area contributed by atoms with Gasteiger partial charge in [-0.25, -0.2) is 13.8 Å². The van der Waals surface area contributed by atoms with Gasteiger partial charge in [-0.05, 0) is 77.4 Å². The van der Waals surface area contributed by atoms with Crippen molar-refractivity contribution in [1.29, 1.82) is 0 Å². The molecule has 0 bridgehead atoms. The molecule has 0 unspecified atom stereocenters. The normalized spacial score (nSPS) is 23.0. The van der Waals surface area contributed by atoms with Crippen LogP contribution in [0.1, 0.15) is 78.9 Å². The molecule has 0 atom stereocenters. The van der Waals surface area contributed by atoms with Crippen molar-refractivity contribution in [2.45, 2.75) is 83.1 Å². The van der Waals surface area contributed by atoms with Crippen molar-refractivity contribution in [2.24, 2.45) is 5.92 Å². The average molecular weight is 481 g/mol. The SMILES string of the molecule is Cc1ncc(CC(=O)N[C@H]2CC[C@H](CCN3CCC(c4nocc4C(C)(F)F)CC3)CC2)s1. The second-order valence-corrected chi connectivity index (χ2v) is 11.0. The van der Waals surface area contributed by atoms with Gasteiger partial charge in [0.25, 0.3) is 5.92 Å². The number of hydrogen-bond acceptors (Lipinski definition) is 6. The summed E-state index contributed by atoms with van der Waals surface area (Å²) in [5.41, 5.74) is 0.375. The highest BCUT2D eigenvalue weighted by molar-refractivity contribution is 7.11. The maximum atomic E-state index is 13.8. The molecule has 2 fully saturated rings. The Morgan fingerprint density at radius 3 is 2.61 bits per heavy atom. The van der Waals surface area contributed by atoms with Crippen molar-refractivity contribution >= 4 is 17.2 Å². The summed E-state index contributed by atoms with van der Waals surface area (Å²) in [6.45, 7) is 5.73. The van der Waals surface area contributed by atoms with E-state index in [4.69, 9.17) is 4.52 Å². The zero-order valence-electron chi connectivity index (χ0n) is 19.5. The minimum absolute atomic E-state index is 0.0498. The number of aryl methyl sites for hydroxylation is 1. The number of thiazole rings is 1. The Morgan fingerprint density at radius 1 is 1.24 bits per heavy atom. The van der Waals surface area contributed by atoms with Crippen LogP contribution in [0, 0.1) is 12.8 Å². The summed E-state index contributed by atoms with van der Waals surface area (Å²) in [6, 6.07) is 0.284. The molecule has 1 saturated heterocycles. The summed E-state index contributed by atoms with van der Waals surface area (Å²) in [5.74, 6) is -2.07. The minimum atomic E-state index is -2.91. The van der Waals surface area contributed by atoms with Crippen LogP contribution in [-0.4, -0.2) is 46.6 Å². The second-order valence-electron chi connectivity index (χ2n) is 9.71. The fourth-order valence-corrected chi connectivity index (χ4v) is 5.98. The van der Waals surface area contributed by atoms with Gasteiger partial charge in [-0.1, -0.05) is 5.16 Å². The highest BCUT2D eigenvalue weighted by atomic mass is 32.1. The molecule has 3 heterocycles. The molecule has 1 saturated carbocycles. The number of rotatable bonds is 8. The Balaban J connectivity index is 1.13. The number of carbonyl (C=O) groups is 1. The number of carbonyl (C=O) groups excluding carboxylic acids is 1. The molecule has 1 N–H and O–H groups in total. The highest BCUT2D eigenvalue weighted by Crippen LogP contribution is 2.37. The Labute approximate surface area is 198 Å². The van der Waals surface area contributed by atoms with Gasteiger partial charge in [0.1, 0.15) is 6.26 Å². The maximum absolute atomic E-state index is 13.8. The van der Waals surface area contributed by atoms with Gasteiger partial charge in [-0.15, -0.1) is 11.3 Å². The topological polar surface area (TPSA) is 71.3 Å². The molecule has 2 aromatic rings. The lowest BCUT2D eigenvalue weighted by atomic mass is 9.83. The molecule has 9 heteroatoms. The number of likely N-dealkylation sites (tertiary alicyclic amines) is 1. The lowest BCUT2D eigenvalue weighted by Gasteiger charge is -2.34. The molecule has 0 radical (unpaired) electrons. The summed E-state index contributed by atoms with van der Waals surface area (Å²) < 4.78 is 32.4. The van der Waals surface area contributed by atoms with Crippen LogP contribution in [0.2, 0.25) is 0 Å². The molecule has 4 rings (SSSR count). The van der Waals surface area contributed by atoms with E-state index in [1.165, 1.54) is 0 Å². The quantitative estimate of drug-likeness (QED) is 0.573. The van der Waals surface area contributed by atoms with E-state index in [-0.39, 0.29) is 23.4 Å². The van der Waals surface area contributed by atoms with Gasteiger partial charge < -0.3 is 14.7 Å². The smallest absolute Gasteiger partial charge is 0.275 e. The number of piperidine rings is 1. The predicted octanol–water partition coefficient (Wildman–Crippen LogP) is 5.04. The summed E-state index contributed by atoms with van der Waals surface area (Å²) >= 11 is 1.58. The number of nitrogens with one attached hydrogen (secondary N) is 1. The largest absolute Gasteiger partial charge is 0.364 e. The van der Waals surface area contributed by atoms with Crippen molar-refractivity contribution in [3.05, 3.63) is 33.6 Å². The second kappa shape index (κ2) is 10.6. The van der Waals surface area contributed by atoms with Gasteiger partial charge in [0.2, 0.25) is 5.91 Å². The molecule has 33 heavy (non-hydrogen) atoms. The first kappa shape index (κ1) is 24.3. The zero-order valence-corrected chi connectivity index (χ0v) is 20.3. The molecule has 2 aliphatic rings. The van der Waals surface area contributed by atoms with Crippen LogP contribution in [0.15, 0.2) is 17.0 Å². The predicted molar refractivity (Wildman–Crippen MR) is 124 cm³/mol. The van der Waals surface area contributed by atoms with Gasteiger partial charge in [0, 0.05) is 30.0 Å². The molecular weight excluding hydrogens is 446 g/mol. The fraction of sp³-hybridized carbons (Fsp3) is 0.708.